The van der Waals surface area contributed by atoms with Gasteiger partial charge in [-0.2, -0.15) is 0 Å². The van der Waals surface area contributed by atoms with Crippen LogP contribution in [-0.2, 0) is 9.59 Å². The number of aliphatic carboxylic acids is 1. The van der Waals surface area contributed by atoms with Crippen molar-refractivity contribution in [1.29, 1.82) is 0 Å². The SMILES string of the molecule is C=C(C)[C@@H]1CC[C@]2(NCC(=O)N3CCC(C)C3)CC[C@]3(C)[C@H](CC[C@@H]4[C@@]5(C)CC=C(C6=CC[C@](CF)(C(=O)O)CC6)C(C)(C)[C@@H]5CC[C@]43C)[C@@H]12. The minimum absolute atomic E-state index is 0.0152. The predicted molar refractivity (Wildman–Crippen MR) is 199 cm³/mol. The number of amides is 1. The van der Waals surface area contributed by atoms with Gasteiger partial charge in [-0.3, -0.25) is 9.59 Å². The zero-order chi connectivity index (χ0) is 36.1. The topological polar surface area (TPSA) is 69.6 Å². The molecule has 0 bridgehead atoms. The Kier molecular flexibility index (Phi) is 8.96. The quantitative estimate of drug-likeness (QED) is 0.261. The number of rotatable bonds is 7. The maximum atomic E-state index is 14.0. The van der Waals surface area contributed by atoms with E-state index >= 15 is 0 Å². The zero-order valence-electron chi connectivity index (χ0n) is 32.4. The van der Waals surface area contributed by atoms with Crippen LogP contribution >= 0.6 is 0 Å². The summed E-state index contributed by atoms with van der Waals surface area (Å²) in [5, 5.41) is 13.8. The standard InChI is InChI=1S/C44H67FN2O3/c1-28(2)31-13-21-44(46-25-36(48)47-24-16-29(3)26-47)23-22-41(7)33(37(31)44)9-10-35-40(6)17-14-32(39(4,5)34(40)15-18-42(35,41)8)30-11-19-43(27-45,20-12-30)38(49)50/h11,14,29,31,33-35,37,46H,1,9-10,12-13,15-27H2,2-8H3,(H,49,50)/t29?,31-,33+,34-,35+,37+,40-,41+,42+,43-,44-/m0/s1. The highest BCUT2D eigenvalue weighted by Crippen LogP contribution is 2.76. The smallest absolute Gasteiger partial charge is 0.312 e. The number of carboxylic acids is 1. The number of fused-ring (bicyclic) bond motifs is 7. The second-order valence-electron chi connectivity index (χ2n) is 20.1. The number of carbonyl (C=O) groups is 2. The van der Waals surface area contributed by atoms with Crippen LogP contribution in [0.2, 0.25) is 0 Å². The molecule has 0 aromatic carbocycles. The fourth-order valence-corrected chi connectivity index (χ4v) is 14.6. The van der Waals surface area contributed by atoms with E-state index in [-0.39, 0.29) is 39.5 Å². The van der Waals surface area contributed by atoms with Gasteiger partial charge in [0.1, 0.15) is 6.67 Å². The van der Waals surface area contributed by atoms with Gasteiger partial charge in [0.2, 0.25) is 5.91 Å². The number of alkyl halides is 1. The number of carbonyl (C=O) groups excluding carboxylic acids is 1. The maximum Gasteiger partial charge on any atom is 0.312 e. The van der Waals surface area contributed by atoms with Crippen LogP contribution in [0, 0.1) is 62.6 Å². The summed E-state index contributed by atoms with van der Waals surface area (Å²) in [6.45, 7) is 23.5. The lowest BCUT2D eigenvalue weighted by atomic mass is 9.33. The van der Waals surface area contributed by atoms with E-state index in [1.54, 1.807) is 0 Å². The normalized spacial score (nSPS) is 46.5. The Morgan fingerprint density at radius 2 is 1.70 bits per heavy atom. The second kappa shape index (κ2) is 12.3. The molecular weight excluding hydrogens is 623 g/mol. The van der Waals surface area contributed by atoms with E-state index in [0.29, 0.717) is 54.9 Å². The molecule has 1 heterocycles. The molecule has 6 heteroatoms. The number of allylic oxidation sites excluding steroid dienone is 5. The monoisotopic (exact) mass is 691 g/mol. The van der Waals surface area contributed by atoms with E-state index in [1.165, 1.54) is 55.2 Å². The number of hydrogen-bond donors (Lipinski definition) is 2. The van der Waals surface area contributed by atoms with Gasteiger partial charge in [-0.1, -0.05) is 65.8 Å². The third kappa shape index (κ3) is 5.12. The molecule has 7 rings (SSSR count). The van der Waals surface area contributed by atoms with Gasteiger partial charge in [0.05, 0.1) is 12.0 Å². The van der Waals surface area contributed by atoms with Crippen molar-refractivity contribution in [3.05, 3.63) is 35.5 Å². The Morgan fingerprint density at radius 1 is 0.940 bits per heavy atom. The summed E-state index contributed by atoms with van der Waals surface area (Å²) in [5.74, 6) is 2.76. The summed E-state index contributed by atoms with van der Waals surface area (Å²) in [4.78, 5) is 27.5. The minimum Gasteiger partial charge on any atom is -0.481 e. The summed E-state index contributed by atoms with van der Waals surface area (Å²) in [6, 6.07) is 0. The van der Waals surface area contributed by atoms with Crippen LogP contribution < -0.4 is 5.32 Å². The molecule has 4 saturated carbocycles. The molecular formula is C44H67FN2O3. The van der Waals surface area contributed by atoms with Crippen molar-refractivity contribution in [2.24, 2.45) is 62.6 Å². The Balaban J connectivity index is 1.16. The maximum absolute atomic E-state index is 14.0. The molecule has 6 aliphatic carbocycles. The van der Waals surface area contributed by atoms with E-state index in [2.05, 4.69) is 77.4 Å². The lowest BCUT2D eigenvalue weighted by Crippen LogP contribution is -2.68. The first-order valence-electron chi connectivity index (χ1n) is 20.4. The lowest BCUT2D eigenvalue weighted by molar-refractivity contribution is -0.221. The highest BCUT2D eigenvalue weighted by atomic mass is 19.1. The van der Waals surface area contributed by atoms with Crippen molar-refractivity contribution in [3.63, 3.8) is 0 Å². The minimum atomic E-state index is -1.25. The first kappa shape index (κ1) is 36.4. The first-order valence-corrected chi connectivity index (χ1v) is 20.4. The molecule has 0 radical (unpaired) electrons. The summed E-state index contributed by atoms with van der Waals surface area (Å²) < 4.78 is 14.0. The second-order valence-corrected chi connectivity index (χ2v) is 20.1. The van der Waals surface area contributed by atoms with E-state index in [4.69, 9.17) is 0 Å². The van der Waals surface area contributed by atoms with E-state index in [9.17, 15) is 19.1 Å². The van der Waals surface area contributed by atoms with Crippen molar-refractivity contribution < 1.29 is 19.1 Å². The van der Waals surface area contributed by atoms with Gasteiger partial charge in [-0.05, 0) is 159 Å². The Morgan fingerprint density at radius 3 is 2.32 bits per heavy atom. The molecule has 0 spiro atoms. The largest absolute Gasteiger partial charge is 0.481 e. The Bertz CT molecular complexity index is 1480. The molecule has 1 unspecified atom stereocenters. The predicted octanol–water partition coefficient (Wildman–Crippen LogP) is 9.54. The number of likely N-dealkylation sites (tertiary alicyclic amines) is 1. The number of hydrogen-bond acceptors (Lipinski definition) is 3. The molecule has 0 aromatic heterocycles. The van der Waals surface area contributed by atoms with Crippen LogP contribution in [0.15, 0.2) is 35.5 Å². The van der Waals surface area contributed by atoms with Crippen molar-refractivity contribution in [2.45, 2.75) is 137 Å². The van der Waals surface area contributed by atoms with Gasteiger partial charge in [-0.25, -0.2) is 4.39 Å². The number of nitrogens with one attached hydrogen (secondary N) is 1. The molecule has 2 N–H and O–H groups in total. The van der Waals surface area contributed by atoms with Gasteiger partial charge in [0, 0.05) is 18.6 Å². The van der Waals surface area contributed by atoms with Crippen molar-refractivity contribution >= 4 is 11.9 Å². The van der Waals surface area contributed by atoms with Gasteiger partial charge in [0.25, 0.3) is 0 Å². The highest BCUT2D eigenvalue weighted by molar-refractivity contribution is 5.78. The molecule has 7 aliphatic rings. The highest BCUT2D eigenvalue weighted by Gasteiger charge is 2.70. The molecule has 5 nitrogen and oxygen atoms in total. The molecule has 1 amide bonds. The van der Waals surface area contributed by atoms with Gasteiger partial charge >= 0.3 is 5.97 Å². The van der Waals surface area contributed by atoms with Gasteiger partial charge in [-0.15, -0.1) is 0 Å². The van der Waals surface area contributed by atoms with E-state index in [0.717, 1.165) is 38.8 Å². The first-order chi connectivity index (χ1) is 23.5. The molecule has 5 fully saturated rings. The number of carboxylic acid groups (broad SMARTS) is 1. The van der Waals surface area contributed by atoms with Crippen LogP contribution in [0.1, 0.15) is 132 Å². The summed E-state index contributed by atoms with van der Waals surface area (Å²) in [5.41, 5.74) is 3.44. The lowest BCUT2D eigenvalue weighted by Gasteiger charge is -2.72. The Hall–Kier alpha value is -1.95. The number of nitrogens with zero attached hydrogens (tertiary/aromatic N) is 1. The fourth-order valence-electron chi connectivity index (χ4n) is 14.6. The molecule has 11 atom stereocenters. The van der Waals surface area contributed by atoms with Crippen molar-refractivity contribution in [2.75, 3.05) is 26.3 Å². The summed E-state index contributed by atoms with van der Waals surface area (Å²) >= 11 is 0. The van der Waals surface area contributed by atoms with E-state index < -0.39 is 18.1 Å². The third-order valence-electron chi connectivity index (χ3n) is 17.7. The zero-order valence-corrected chi connectivity index (χ0v) is 32.4. The number of halogens is 1. The molecule has 278 valence electrons. The van der Waals surface area contributed by atoms with Crippen LogP contribution in [0.5, 0.6) is 0 Å². The summed E-state index contributed by atoms with van der Waals surface area (Å²) in [7, 11) is 0. The van der Waals surface area contributed by atoms with Crippen LogP contribution in [0.25, 0.3) is 0 Å². The summed E-state index contributed by atoms with van der Waals surface area (Å²) in [6.07, 6.45) is 17.8. The van der Waals surface area contributed by atoms with Crippen molar-refractivity contribution in [3.8, 4) is 0 Å². The van der Waals surface area contributed by atoms with Gasteiger partial charge in [0.15, 0.2) is 0 Å². The van der Waals surface area contributed by atoms with E-state index in [1.807, 2.05) is 0 Å². The molecule has 0 aromatic rings. The molecule has 1 aliphatic heterocycles. The molecule has 50 heavy (non-hydrogen) atoms. The van der Waals surface area contributed by atoms with Crippen LogP contribution in [-0.4, -0.2) is 53.7 Å². The molecule has 1 saturated heterocycles. The van der Waals surface area contributed by atoms with Crippen molar-refractivity contribution in [1.82, 2.24) is 10.2 Å². The van der Waals surface area contributed by atoms with Crippen LogP contribution in [0.4, 0.5) is 4.39 Å². The average Bonchev–Trinajstić information content (AvgIpc) is 3.68. The third-order valence-corrected chi connectivity index (χ3v) is 17.7. The Labute approximate surface area is 302 Å². The fraction of sp³-hybridized carbons (Fsp3) is 0.818. The van der Waals surface area contributed by atoms with Gasteiger partial charge < -0.3 is 15.3 Å². The van der Waals surface area contributed by atoms with Crippen LogP contribution in [0.3, 0.4) is 0 Å². The average molecular weight is 691 g/mol.